The van der Waals surface area contributed by atoms with Gasteiger partial charge in [-0.25, -0.2) is 4.79 Å². The van der Waals surface area contributed by atoms with Crippen LogP contribution in [0.4, 0.5) is 5.69 Å². The van der Waals surface area contributed by atoms with Gasteiger partial charge in [0.2, 0.25) is 0 Å². The van der Waals surface area contributed by atoms with Gasteiger partial charge in [0.05, 0.1) is 11.3 Å². The van der Waals surface area contributed by atoms with Crippen molar-refractivity contribution in [1.29, 1.82) is 0 Å². The van der Waals surface area contributed by atoms with Crippen LogP contribution in [0.1, 0.15) is 23.2 Å². The third-order valence-corrected chi connectivity index (χ3v) is 1.93. The van der Waals surface area contributed by atoms with E-state index >= 15 is 0 Å². The molecule has 2 rings (SSSR count). The summed E-state index contributed by atoms with van der Waals surface area (Å²) < 4.78 is 0. The highest BCUT2D eigenvalue weighted by Crippen LogP contribution is 2.24. The maximum atomic E-state index is 10.6. The van der Waals surface area contributed by atoms with E-state index < -0.39 is 5.97 Å². The molecule has 1 aromatic rings. The Hall–Kier alpha value is -1.58. The Morgan fingerprint density at radius 1 is 1.54 bits per heavy atom. The van der Waals surface area contributed by atoms with Gasteiger partial charge in [-0.2, -0.15) is 0 Å². The molecule has 2 N–H and O–H groups in total. The van der Waals surface area contributed by atoms with Crippen molar-refractivity contribution in [3.63, 3.8) is 0 Å². The molecule has 1 aliphatic carbocycles. The van der Waals surface area contributed by atoms with E-state index in [0.29, 0.717) is 6.04 Å². The van der Waals surface area contributed by atoms with E-state index in [-0.39, 0.29) is 5.56 Å². The predicted molar refractivity (Wildman–Crippen MR) is 47.8 cm³/mol. The second-order valence-electron chi connectivity index (χ2n) is 3.19. The fourth-order valence-electron chi connectivity index (χ4n) is 1.10. The summed E-state index contributed by atoms with van der Waals surface area (Å²) in [5, 5.41) is 11.9. The summed E-state index contributed by atoms with van der Waals surface area (Å²) in [7, 11) is 0. The molecule has 4 nitrogen and oxygen atoms in total. The first-order valence-electron chi connectivity index (χ1n) is 4.20. The van der Waals surface area contributed by atoms with Gasteiger partial charge in [-0.1, -0.05) is 0 Å². The van der Waals surface area contributed by atoms with Gasteiger partial charge in [0.15, 0.2) is 0 Å². The molecule has 68 valence electrons. The number of pyridine rings is 1. The molecule has 0 spiro atoms. The van der Waals surface area contributed by atoms with Crippen LogP contribution in [0.15, 0.2) is 18.5 Å². The van der Waals surface area contributed by atoms with Crippen LogP contribution in [0.25, 0.3) is 0 Å². The van der Waals surface area contributed by atoms with Gasteiger partial charge in [-0.05, 0) is 18.9 Å². The van der Waals surface area contributed by atoms with E-state index in [1.165, 1.54) is 6.20 Å². The number of nitrogens with one attached hydrogen (secondary N) is 1. The average molecular weight is 178 g/mol. The van der Waals surface area contributed by atoms with E-state index in [2.05, 4.69) is 10.3 Å². The highest BCUT2D eigenvalue weighted by atomic mass is 16.4. The van der Waals surface area contributed by atoms with Crippen LogP contribution in [0, 0.1) is 0 Å². The van der Waals surface area contributed by atoms with Crippen molar-refractivity contribution in [3.05, 3.63) is 24.0 Å². The maximum Gasteiger partial charge on any atom is 0.337 e. The zero-order chi connectivity index (χ0) is 9.26. The molecular formula is C9H10N2O2. The fourth-order valence-corrected chi connectivity index (χ4v) is 1.10. The number of nitrogens with zero attached hydrogens (tertiary/aromatic N) is 1. The van der Waals surface area contributed by atoms with Gasteiger partial charge in [0.25, 0.3) is 0 Å². The van der Waals surface area contributed by atoms with Crippen molar-refractivity contribution in [2.75, 3.05) is 5.32 Å². The summed E-state index contributed by atoms with van der Waals surface area (Å²) in [6, 6.07) is 2.12. The first kappa shape index (κ1) is 8.04. The summed E-state index contributed by atoms with van der Waals surface area (Å²) in [4.78, 5) is 14.4. The van der Waals surface area contributed by atoms with Crippen LogP contribution >= 0.6 is 0 Å². The highest BCUT2D eigenvalue weighted by molar-refractivity contribution is 5.88. The van der Waals surface area contributed by atoms with Gasteiger partial charge in [0.1, 0.15) is 0 Å². The summed E-state index contributed by atoms with van der Waals surface area (Å²) in [6.45, 7) is 0. The fraction of sp³-hybridized carbons (Fsp3) is 0.333. The number of carboxylic acids is 1. The van der Waals surface area contributed by atoms with Gasteiger partial charge in [-0.15, -0.1) is 0 Å². The lowest BCUT2D eigenvalue weighted by molar-refractivity contribution is 0.0696. The Labute approximate surface area is 75.6 Å². The number of hydrogen-bond donors (Lipinski definition) is 2. The normalized spacial score (nSPS) is 15.4. The van der Waals surface area contributed by atoms with Crippen LogP contribution in [0.2, 0.25) is 0 Å². The molecule has 4 heteroatoms. The van der Waals surface area contributed by atoms with Gasteiger partial charge >= 0.3 is 5.97 Å². The number of anilines is 1. The third kappa shape index (κ3) is 1.96. The Morgan fingerprint density at radius 2 is 2.31 bits per heavy atom. The van der Waals surface area contributed by atoms with E-state index in [4.69, 9.17) is 5.11 Å². The SMILES string of the molecule is O=C(O)c1cncc(NC2CC2)c1. The van der Waals surface area contributed by atoms with Crippen LogP contribution < -0.4 is 5.32 Å². The molecule has 1 heterocycles. The minimum atomic E-state index is -0.938. The zero-order valence-corrected chi connectivity index (χ0v) is 7.03. The maximum absolute atomic E-state index is 10.6. The van der Waals surface area contributed by atoms with Gasteiger partial charge in [-0.3, -0.25) is 4.98 Å². The molecule has 1 aromatic heterocycles. The minimum absolute atomic E-state index is 0.227. The van der Waals surface area contributed by atoms with Gasteiger partial charge < -0.3 is 10.4 Å². The zero-order valence-electron chi connectivity index (χ0n) is 7.03. The lowest BCUT2D eigenvalue weighted by Gasteiger charge is -2.03. The summed E-state index contributed by atoms with van der Waals surface area (Å²) in [6.07, 6.45) is 5.32. The molecule has 13 heavy (non-hydrogen) atoms. The Kier molecular flexibility index (Phi) is 1.88. The van der Waals surface area contributed by atoms with Crippen molar-refractivity contribution >= 4 is 11.7 Å². The third-order valence-electron chi connectivity index (χ3n) is 1.93. The molecule has 0 radical (unpaired) electrons. The highest BCUT2D eigenvalue weighted by Gasteiger charge is 2.21. The number of carboxylic acid groups (broad SMARTS) is 1. The predicted octanol–water partition coefficient (Wildman–Crippen LogP) is 1.35. The van der Waals surface area contributed by atoms with Crippen LogP contribution in [-0.2, 0) is 0 Å². The molecule has 0 aliphatic heterocycles. The molecule has 1 aliphatic rings. The van der Waals surface area contributed by atoms with Crippen LogP contribution in [0.5, 0.6) is 0 Å². The number of hydrogen-bond acceptors (Lipinski definition) is 3. The second-order valence-corrected chi connectivity index (χ2v) is 3.19. The van der Waals surface area contributed by atoms with Crippen molar-refractivity contribution < 1.29 is 9.90 Å². The first-order valence-corrected chi connectivity index (χ1v) is 4.20. The molecule has 0 unspecified atom stereocenters. The minimum Gasteiger partial charge on any atom is -0.478 e. The van der Waals surface area contributed by atoms with Crippen molar-refractivity contribution in [1.82, 2.24) is 4.98 Å². The summed E-state index contributed by atoms with van der Waals surface area (Å²) >= 11 is 0. The molecule has 1 saturated carbocycles. The second kappa shape index (κ2) is 3.05. The molecule has 0 atom stereocenters. The Morgan fingerprint density at radius 3 is 2.92 bits per heavy atom. The summed E-state index contributed by atoms with van der Waals surface area (Å²) in [5.74, 6) is -0.938. The number of rotatable bonds is 3. The standard InChI is InChI=1S/C9H10N2O2/c12-9(13)6-3-8(5-10-4-6)11-7-1-2-7/h3-5,7,11H,1-2H2,(H,12,13). The molecule has 0 amide bonds. The quantitative estimate of drug-likeness (QED) is 0.733. The molecule has 0 saturated heterocycles. The first-order chi connectivity index (χ1) is 6.25. The molecule has 1 fully saturated rings. The van der Waals surface area contributed by atoms with E-state index in [9.17, 15) is 4.79 Å². The largest absolute Gasteiger partial charge is 0.478 e. The van der Waals surface area contributed by atoms with Crippen LogP contribution in [0.3, 0.4) is 0 Å². The monoisotopic (exact) mass is 178 g/mol. The lowest BCUT2D eigenvalue weighted by Crippen LogP contribution is -2.04. The molecule has 0 aromatic carbocycles. The summed E-state index contributed by atoms with van der Waals surface area (Å²) in [5.41, 5.74) is 1.02. The number of aromatic nitrogens is 1. The number of aromatic carboxylic acids is 1. The van der Waals surface area contributed by atoms with Crippen molar-refractivity contribution in [3.8, 4) is 0 Å². The topological polar surface area (TPSA) is 62.2 Å². The average Bonchev–Trinajstić information content (AvgIpc) is 2.89. The molecular weight excluding hydrogens is 168 g/mol. The van der Waals surface area contributed by atoms with E-state index in [0.717, 1.165) is 18.5 Å². The smallest absolute Gasteiger partial charge is 0.337 e. The molecule has 0 bridgehead atoms. The van der Waals surface area contributed by atoms with Crippen LogP contribution in [-0.4, -0.2) is 22.1 Å². The van der Waals surface area contributed by atoms with E-state index in [1.807, 2.05) is 0 Å². The van der Waals surface area contributed by atoms with Gasteiger partial charge in [0, 0.05) is 18.4 Å². The lowest BCUT2D eigenvalue weighted by atomic mass is 10.2. The number of carbonyl (C=O) groups is 1. The van der Waals surface area contributed by atoms with Crippen molar-refractivity contribution in [2.24, 2.45) is 0 Å². The van der Waals surface area contributed by atoms with Crippen molar-refractivity contribution in [2.45, 2.75) is 18.9 Å². The van der Waals surface area contributed by atoms with E-state index in [1.54, 1.807) is 12.3 Å². The Balaban J connectivity index is 2.15. The Bertz CT molecular complexity index is 334.